The highest BCUT2D eigenvalue weighted by Crippen LogP contribution is 2.26. The fourth-order valence-electron chi connectivity index (χ4n) is 1.91. The molecule has 98 valence electrons. The van der Waals surface area contributed by atoms with Crippen molar-refractivity contribution in [3.8, 4) is 0 Å². The monoisotopic (exact) mass is 286 g/mol. The van der Waals surface area contributed by atoms with Crippen LogP contribution < -0.4 is 5.32 Å². The van der Waals surface area contributed by atoms with E-state index in [0.717, 1.165) is 18.7 Å². The van der Waals surface area contributed by atoms with E-state index in [1.165, 1.54) is 0 Å². The van der Waals surface area contributed by atoms with E-state index in [-0.39, 0.29) is 5.91 Å². The molecule has 1 N–H and O–H groups in total. The normalized spacial score (nSPS) is 15.3. The van der Waals surface area contributed by atoms with Crippen LogP contribution in [0.4, 0.5) is 0 Å². The lowest BCUT2D eigenvalue weighted by molar-refractivity contribution is -0.131. The van der Waals surface area contributed by atoms with Gasteiger partial charge in [0.25, 0.3) is 0 Å². The number of halogens is 2. The highest BCUT2D eigenvalue weighted by molar-refractivity contribution is 6.42. The third kappa shape index (κ3) is 3.16. The Hall–Kier alpha value is -0.770. The molecule has 0 atom stereocenters. The van der Waals surface area contributed by atoms with E-state index >= 15 is 0 Å². The van der Waals surface area contributed by atoms with Crippen molar-refractivity contribution < 1.29 is 4.79 Å². The molecule has 0 radical (unpaired) electrons. The van der Waals surface area contributed by atoms with Gasteiger partial charge in [0.2, 0.25) is 5.91 Å². The number of carbonyl (C=O) groups excluding carboxylic acids is 1. The maximum atomic E-state index is 12.0. The third-order valence-electron chi connectivity index (χ3n) is 3.19. The van der Waals surface area contributed by atoms with E-state index in [4.69, 9.17) is 23.2 Å². The van der Waals surface area contributed by atoms with Crippen molar-refractivity contribution in [1.82, 2.24) is 10.2 Å². The Balaban J connectivity index is 1.95. The summed E-state index contributed by atoms with van der Waals surface area (Å²) in [5, 5.41) is 4.22. The zero-order chi connectivity index (χ0) is 13.1. The largest absolute Gasteiger partial charge is 0.341 e. The molecule has 1 aromatic carbocycles. The fraction of sp³-hybridized carbons (Fsp3) is 0.462. The Kier molecular flexibility index (Phi) is 4.49. The SMILES string of the molecule is CN(Cc1cccc(Cl)c1Cl)C(=O)CC1CNC1. The van der Waals surface area contributed by atoms with Crippen molar-refractivity contribution in [1.29, 1.82) is 0 Å². The van der Waals surface area contributed by atoms with Gasteiger partial charge >= 0.3 is 0 Å². The summed E-state index contributed by atoms with van der Waals surface area (Å²) in [6.45, 7) is 2.38. The topological polar surface area (TPSA) is 32.3 Å². The number of nitrogens with one attached hydrogen (secondary N) is 1. The molecular formula is C13H16Cl2N2O. The molecule has 0 bridgehead atoms. The van der Waals surface area contributed by atoms with Gasteiger partial charge in [-0.15, -0.1) is 0 Å². The molecular weight excluding hydrogens is 271 g/mol. The van der Waals surface area contributed by atoms with Crippen LogP contribution in [0.25, 0.3) is 0 Å². The number of hydrogen-bond donors (Lipinski definition) is 1. The zero-order valence-corrected chi connectivity index (χ0v) is 11.8. The number of nitrogens with zero attached hydrogens (tertiary/aromatic N) is 1. The van der Waals surface area contributed by atoms with Gasteiger partial charge in [-0.25, -0.2) is 0 Å². The van der Waals surface area contributed by atoms with Crippen LogP contribution in [-0.4, -0.2) is 30.9 Å². The van der Waals surface area contributed by atoms with E-state index in [1.807, 2.05) is 12.1 Å². The Morgan fingerprint density at radius 1 is 1.44 bits per heavy atom. The van der Waals surface area contributed by atoms with Crippen LogP contribution >= 0.6 is 23.2 Å². The van der Waals surface area contributed by atoms with Crippen LogP contribution in [0.3, 0.4) is 0 Å². The number of amides is 1. The van der Waals surface area contributed by atoms with Crippen LogP contribution in [0, 0.1) is 5.92 Å². The average molecular weight is 287 g/mol. The second-order valence-corrected chi connectivity index (χ2v) is 5.48. The van der Waals surface area contributed by atoms with Crippen LogP contribution in [0.15, 0.2) is 18.2 Å². The first kappa shape index (κ1) is 13.7. The van der Waals surface area contributed by atoms with Crippen molar-refractivity contribution in [3.05, 3.63) is 33.8 Å². The minimum Gasteiger partial charge on any atom is -0.341 e. The van der Waals surface area contributed by atoms with Crippen molar-refractivity contribution in [3.63, 3.8) is 0 Å². The Bertz CT molecular complexity index is 447. The molecule has 1 heterocycles. The highest BCUT2D eigenvalue weighted by Gasteiger charge is 2.22. The Morgan fingerprint density at radius 2 is 2.17 bits per heavy atom. The number of carbonyl (C=O) groups is 1. The van der Waals surface area contributed by atoms with E-state index in [0.29, 0.717) is 28.9 Å². The van der Waals surface area contributed by atoms with Crippen LogP contribution in [-0.2, 0) is 11.3 Å². The van der Waals surface area contributed by atoms with E-state index in [2.05, 4.69) is 5.32 Å². The van der Waals surface area contributed by atoms with Crippen LogP contribution in [0.1, 0.15) is 12.0 Å². The molecule has 1 aromatic rings. The lowest BCUT2D eigenvalue weighted by Gasteiger charge is -2.28. The predicted molar refractivity (Wildman–Crippen MR) is 73.9 cm³/mol. The third-order valence-corrected chi connectivity index (χ3v) is 4.05. The molecule has 0 aliphatic carbocycles. The summed E-state index contributed by atoms with van der Waals surface area (Å²) in [6, 6.07) is 5.48. The number of hydrogen-bond acceptors (Lipinski definition) is 2. The molecule has 0 aromatic heterocycles. The predicted octanol–water partition coefficient (Wildman–Crippen LogP) is 2.56. The zero-order valence-electron chi connectivity index (χ0n) is 10.2. The Labute approximate surface area is 117 Å². The quantitative estimate of drug-likeness (QED) is 0.923. The molecule has 1 saturated heterocycles. The van der Waals surface area contributed by atoms with E-state index in [1.54, 1.807) is 18.0 Å². The molecule has 3 nitrogen and oxygen atoms in total. The summed E-state index contributed by atoms with van der Waals surface area (Å²) in [5.74, 6) is 0.632. The van der Waals surface area contributed by atoms with Crippen molar-refractivity contribution in [2.24, 2.45) is 5.92 Å². The summed E-state index contributed by atoms with van der Waals surface area (Å²) in [5.41, 5.74) is 0.881. The standard InChI is InChI=1S/C13H16Cl2N2O/c1-17(12(18)5-9-6-16-7-9)8-10-3-2-4-11(14)13(10)15/h2-4,9,16H,5-8H2,1H3. The average Bonchev–Trinajstić information content (AvgIpc) is 2.29. The van der Waals surface area contributed by atoms with E-state index < -0.39 is 0 Å². The molecule has 1 aliphatic rings. The summed E-state index contributed by atoms with van der Waals surface area (Å²) in [4.78, 5) is 13.7. The van der Waals surface area contributed by atoms with E-state index in [9.17, 15) is 4.79 Å². The minimum absolute atomic E-state index is 0.151. The second-order valence-electron chi connectivity index (χ2n) is 4.69. The summed E-state index contributed by atoms with van der Waals surface area (Å²) in [7, 11) is 1.80. The molecule has 1 fully saturated rings. The molecule has 0 unspecified atom stereocenters. The first-order valence-electron chi connectivity index (χ1n) is 5.95. The van der Waals surface area contributed by atoms with Crippen molar-refractivity contribution in [2.45, 2.75) is 13.0 Å². The lowest BCUT2D eigenvalue weighted by Crippen LogP contribution is -2.44. The highest BCUT2D eigenvalue weighted by atomic mass is 35.5. The van der Waals surface area contributed by atoms with Gasteiger partial charge in [0.05, 0.1) is 10.0 Å². The van der Waals surface area contributed by atoms with Gasteiger partial charge < -0.3 is 10.2 Å². The van der Waals surface area contributed by atoms with Crippen LogP contribution in [0.5, 0.6) is 0 Å². The first-order chi connectivity index (χ1) is 8.58. The first-order valence-corrected chi connectivity index (χ1v) is 6.71. The summed E-state index contributed by atoms with van der Waals surface area (Å²) in [6.07, 6.45) is 0.599. The van der Waals surface area contributed by atoms with Gasteiger partial charge in [-0.1, -0.05) is 35.3 Å². The summed E-state index contributed by atoms with van der Waals surface area (Å²) >= 11 is 12.1. The van der Waals surface area contributed by atoms with Gasteiger partial charge in [-0.05, 0) is 30.6 Å². The molecule has 0 saturated carbocycles. The smallest absolute Gasteiger partial charge is 0.222 e. The fourth-order valence-corrected chi connectivity index (χ4v) is 2.29. The molecule has 18 heavy (non-hydrogen) atoms. The molecule has 1 aliphatic heterocycles. The minimum atomic E-state index is 0.151. The molecule has 5 heteroatoms. The molecule has 2 rings (SSSR count). The van der Waals surface area contributed by atoms with Gasteiger partial charge in [-0.2, -0.15) is 0 Å². The van der Waals surface area contributed by atoms with Crippen molar-refractivity contribution >= 4 is 29.1 Å². The number of rotatable bonds is 4. The van der Waals surface area contributed by atoms with Crippen LogP contribution in [0.2, 0.25) is 10.0 Å². The van der Waals surface area contributed by atoms with Gasteiger partial charge in [-0.3, -0.25) is 4.79 Å². The number of benzene rings is 1. The van der Waals surface area contributed by atoms with Crippen molar-refractivity contribution in [2.75, 3.05) is 20.1 Å². The van der Waals surface area contributed by atoms with Gasteiger partial charge in [0.1, 0.15) is 0 Å². The lowest BCUT2D eigenvalue weighted by atomic mass is 9.99. The molecule has 0 spiro atoms. The van der Waals surface area contributed by atoms with Gasteiger partial charge in [0.15, 0.2) is 0 Å². The maximum absolute atomic E-state index is 12.0. The summed E-state index contributed by atoms with van der Waals surface area (Å²) < 4.78 is 0. The molecule has 1 amide bonds. The van der Waals surface area contributed by atoms with Gasteiger partial charge in [0, 0.05) is 20.0 Å². The maximum Gasteiger partial charge on any atom is 0.222 e. The second kappa shape index (κ2) is 5.91. The Morgan fingerprint density at radius 3 is 2.78 bits per heavy atom.